The van der Waals surface area contributed by atoms with Gasteiger partial charge in [-0.2, -0.15) is 0 Å². The summed E-state index contributed by atoms with van der Waals surface area (Å²) >= 11 is 0. The standard InChI is InChI=1S/C22H35N7O2.HI/c1-17-7-5-6-8-20(17)31-18(2)15-24-22(23-9-10-29-11-13-30-14-12-29)25-16-21-27-26-19(3)28(21)4;/h5-8,18H,9-16H2,1-4H3,(H2,23,24,25);1H. The smallest absolute Gasteiger partial charge is 0.191 e. The molecule has 2 aromatic rings. The lowest BCUT2D eigenvalue weighted by molar-refractivity contribution is 0.0389. The number of ether oxygens (including phenoxy) is 2. The summed E-state index contributed by atoms with van der Waals surface area (Å²) in [5, 5.41) is 15.2. The van der Waals surface area contributed by atoms with Crippen LogP contribution in [0.2, 0.25) is 0 Å². The van der Waals surface area contributed by atoms with Gasteiger partial charge in [-0.1, -0.05) is 18.2 Å². The molecule has 10 heteroatoms. The molecule has 0 radical (unpaired) electrons. The molecular weight excluding hydrogens is 521 g/mol. The normalized spacial score (nSPS) is 15.7. The van der Waals surface area contributed by atoms with E-state index in [-0.39, 0.29) is 30.1 Å². The molecule has 1 unspecified atom stereocenters. The summed E-state index contributed by atoms with van der Waals surface area (Å²) in [6.07, 6.45) is -0.00980. The van der Waals surface area contributed by atoms with Gasteiger partial charge in [-0.15, -0.1) is 34.2 Å². The third-order valence-electron chi connectivity index (χ3n) is 5.36. The highest BCUT2D eigenvalue weighted by Gasteiger charge is 2.12. The number of rotatable bonds is 9. The molecule has 32 heavy (non-hydrogen) atoms. The summed E-state index contributed by atoms with van der Waals surface area (Å²) in [4.78, 5) is 7.11. The maximum absolute atomic E-state index is 6.09. The first-order valence-electron chi connectivity index (χ1n) is 10.9. The van der Waals surface area contributed by atoms with Gasteiger partial charge in [0.15, 0.2) is 11.8 Å². The van der Waals surface area contributed by atoms with Crippen LogP contribution in [0.5, 0.6) is 5.75 Å². The van der Waals surface area contributed by atoms with Gasteiger partial charge in [0.1, 0.15) is 24.2 Å². The number of hydrogen-bond donors (Lipinski definition) is 2. The quantitative estimate of drug-likeness (QED) is 0.277. The van der Waals surface area contributed by atoms with E-state index in [0.717, 1.165) is 68.3 Å². The van der Waals surface area contributed by atoms with Crippen molar-refractivity contribution in [2.45, 2.75) is 33.4 Å². The number of hydrogen-bond acceptors (Lipinski definition) is 6. The van der Waals surface area contributed by atoms with Crippen LogP contribution < -0.4 is 15.4 Å². The lowest BCUT2D eigenvalue weighted by Gasteiger charge is -2.27. The summed E-state index contributed by atoms with van der Waals surface area (Å²) in [5.41, 5.74) is 1.13. The molecule has 1 aliphatic rings. The number of aromatic nitrogens is 3. The number of aliphatic imine (C=N–C) groups is 1. The molecule has 3 rings (SSSR count). The molecule has 0 spiro atoms. The highest BCUT2D eigenvalue weighted by molar-refractivity contribution is 14.0. The molecule has 0 saturated carbocycles. The Kier molecular flexibility index (Phi) is 11.2. The average molecular weight is 557 g/mol. The number of para-hydroxylation sites is 1. The molecular formula is C22H36IN7O2. The average Bonchev–Trinajstić information content (AvgIpc) is 3.10. The highest BCUT2D eigenvalue weighted by Crippen LogP contribution is 2.17. The molecule has 1 atom stereocenters. The predicted molar refractivity (Wildman–Crippen MR) is 137 cm³/mol. The van der Waals surface area contributed by atoms with Crippen molar-refractivity contribution in [3.63, 3.8) is 0 Å². The van der Waals surface area contributed by atoms with Crippen molar-refractivity contribution in [1.29, 1.82) is 0 Å². The maximum Gasteiger partial charge on any atom is 0.191 e. The second kappa shape index (κ2) is 13.6. The Labute approximate surface area is 208 Å². The van der Waals surface area contributed by atoms with Crippen molar-refractivity contribution >= 4 is 29.9 Å². The van der Waals surface area contributed by atoms with Crippen molar-refractivity contribution in [3.8, 4) is 5.75 Å². The lowest BCUT2D eigenvalue weighted by atomic mass is 10.2. The number of nitrogens with one attached hydrogen (secondary N) is 2. The third-order valence-corrected chi connectivity index (χ3v) is 5.36. The summed E-state index contributed by atoms with van der Waals surface area (Å²) in [6.45, 7) is 12.4. The van der Waals surface area contributed by atoms with Crippen molar-refractivity contribution in [3.05, 3.63) is 41.5 Å². The molecule has 1 aromatic carbocycles. The Morgan fingerprint density at radius 3 is 2.62 bits per heavy atom. The van der Waals surface area contributed by atoms with Crippen LogP contribution >= 0.6 is 24.0 Å². The Balaban J connectivity index is 0.00000363. The number of morpholine rings is 1. The molecule has 0 bridgehead atoms. The Hall–Kier alpha value is -1.92. The summed E-state index contributed by atoms with van der Waals surface area (Å²) in [7, 11) is 1.96. The Bertz CT molecular complexity index is 853. The minimum Gasteiger partial charge on any atom is -0.489 e. The van der Waals surface area contributed by atoms with Crippen LogP contribution in [0.25, 0.3) is 0 Å². The van der Waals surface area contributed by atoms with Gasteiger partial charge in [-0.25, -0.2) is 4.99 Å². The molecule has 2 heterocycles. The number of nitrogens with zero attached hydrogens (tertiary/aromatic N) is 5. The van der Waals surface area contributed by atoms with E-state index in [2.05, 4.69) is 45.6 Å². The SMILES string of the molecule is Cc1ccccc1OC(C)CNC(=NCc1nnc(C)n1C)NCCN1CCOCC1.I. The first kappa shape index (κ1) is 26.3. The first-order valence-corrected chi connectivity index (χ1v) is 10.9. The van der Waals surface area contributed by atoms with Crippen LogP contribution in [0.3, 0.4) is 0 Å². The van der Waals surface area contributed by atoms with E-state index >= 15 is 0 Å². The monoisotopic (exact) mass is 557 g/mol. The first-order chi connectivity index (χ1) is 15.0. The van der Waals surface area contributed by atoms with Gasteiger partial charge in [0.05, 0.1) is 19.8 Å². The van der Waals surface area contributed by atoms with Gasteiger partial charge in [0, 0.05) is 33.2 Å². The van der Waals surface area contributed by atoms with Gasteiger partial charge in [-0.3, -0.25) is 4.90 Å². The van der Waals surface area contributed by atoms with Crippen LogP contribution in [-0.2, 0) is 18.3 Å². The van der Waals surface area contributed by atoms with Crippen LogP contribution in [0.4, 0.5) is 0 Å². The topological polar surface area (TPSA) is 88.8 Å². The minimum absolute atomic E-state index is 0. The summed E-state index contributed by atoms with van der Waals surface area (Å²) in [5.74, 6) is 3.36. The predicted octanol–water partition coefficient (Wildman–Crippen LogP) is 1.88. The zero-order valence-electron chi connectivity index (χ0n) is 19.5. The van der Waals surface area contributed by atoms with Gasteiger partial charge in [0.2, 0.25) is 0 Å². The molecule has 1 aliphatic heterocycles. The van der Waals surface area contributed by atoms with Gasteiger partial charge in [0.25, 0.3) is 0 Å². The molecule has 1 aromatic heterocycles. The van der Waals surface area contributed by atoms with Crippen molar-refractivity contribution in [1.82, 2.24) is 30.3 Å². The minimum atomic E-state index is -0.00980. The number of halogens is 1. The molecule has 0 aliphatic carbocycles. The van der Waals surface area contributed by atoms with Crippen molar-refractivity contribution < 1.29 is 9.47 Å². The lowest BCUT2D eigenvalue weighted by Crippen LogP contribution is -2.46. The molecule has 2 N–H and O–H groups in total. The van der Waals surface area contributed by atoms with Crippen molar-refractivity contribution in [2.24, 2.45) is 12.0 Å². The number of benzene rings is 1. The van der Waals surface area contributed by atoms with E-state index in [1.165, 1.54) is 0 Å². The van der Waals surface area contributed by atoms with E-state index in [0.29, 0.717) is 13.1 Å². The van der Waals surface area contributed by atoms with E-state index in [9.17, 15) is 0 Å². The molecule has 9 nitrogen and oxygen atoms in total. The molecule has 178 valence electrons. The zero-order valence-corrected chi connectivity index (χ0v) is 21.8. The van der Waals surface area contributed by atoms with Crippen LogP contribution in [0.1, 0.15) is 24.1 Å². The molecule has 0 amide bonds. The van der Waals surface area contributed by atoms with Crippen molar-refractivity contribution in [2.75, 3.05) is 45.9 Å². The van der Waals surface area contributed by atoms with Crippen LogP contribution in [0, 0.1) is 13.8 Å². The fourth-order valence-corrected chi connectivity index (χ4v) is 3.26. The van der Waals surface area contributed by atoms with E-state index < -0.39 is 0 Å². The zero-order chi connectivity index (χ0) is 22.1. The second-order valence-electron chi connectivity index (χ2n) is 7.84. The van der Waals surface area contributed by atoms with E-state index in [1.54, 1.807) is 0 Å². The Morgan fingerprint density at radius 2 is 1.94 bits per heavy atom. The summed E-state index contributed by atoms with van der Waals surface area (Å²) in [6, 6.07) is 8.06. The number of guanidine groups is 1. The highest BCUT2D eigenvalue weighted by atomic mass is 127. The largest absolute Gasteiger partial charge is 0.489 e. The third kappa shape index (κ3) is 8.21. The number of aryl methyl sites for hydroxylation is 2. The molecule has 1 fully saturated rings. The second-order valence-corrected chi connectivity index (χ2v) is 7.84. The van der Waals surface area contributed by atoms with Gasteiger partial charge >= 0.3 is 0 Å². The van der Waals surface area contributed by atoms with E-state index in [4.69, 9.17) is 14.5 Å². The Morgan fingerprint density at radius 1 is 1.19 bits per heavy atom. The molecule has 1 saturated heterocycles. The summed E-state index contributed by atoms with van der Waals surface area (Å²) < 4.78 is 13.5. The van der Waals surface area contributed by atoms with E-state index in [1.807, 2.05) is 36.7 Å². The van der Waals surface area contributed by atoms with Crippen LogP contribution in [-0.4, -0.2) is 77.7 Å². The van der Waals surface area contributed by atoms with Crippen LogP contribution in [0.15, 0.2) is 29.3 Å². The maximum atomic E-state index is 6.09. The van der Waals surface area contributed by atoms with Gasteiger partial charge < -0.3 is 24.7 Å². The van der Waals surface area contributed by atoms with Gasteiger partial charge in [-0.05, 0) is 32.4 Å². The fraction of sp³-hybridized carbons (Fsp3) is 0.591. The fourth-order valence-electron chi connectivity index (χ4n) is 3.26.